The van der Waals surface area contributed by atoms with Gasteiger partial charge in [0.15, 0.2) is 0 Å². The van der Waals surface area contributed by atoms with E-state index >= 15 is 0 Å². The van der Waals surface area contributed by atoms with Crippen LogP contribution in [-0.4, -0.2) is 49.0 Å². The first kappa shape index (κ1) is 19.4. The number of carbonyl (C=O) groups is 1. The highest BCUT2D eigenvalue weighted by atomic mass is 35.5. The van der Waals surface area contributed by atoms with Crippen LogP contribution < -0.4 is 5.32 Å². The van der Waals surface area contributed by atoms with Gasteiger partial charge in [-0.25, -0.2) is 0 Å². The summed E-state index contributed by atoms with van der Waals surface area (Å²) in [6, 6.07) is 0.362. The second-order valence-corrected chi connectivity index (χ2v) is 5.44. The molecule has 0 spiro atoms. The van der Waals surface area contributed by atoms with Crippen molar-refractivity contribution in [2.45, 2.75) is 39.2 Å². The van der Waals surface area contributed by atoms with Gasteiger partial charge in [-0.15, -0.1) is 12.4 Å². The van der Waals surface area contributed by atoms with Gasteiger partial charge in [0.25, 0.3) is 0 Å². The molecule has 0 heterocycles. The molecule has 1 atom stereocenters. The molecule has 0 bridgehead atoms. The van der Waals surface area contributed by atoms with Crippen LogP contribution in [0.3, 0.4) is 0 Å². The van der Waals surface area contributed by atoms with Crippen LogP contribution in [0.5, 0.6) is 0 Å². The molecular formula is C12H27ClN2OS. The molecule has 0 aromatic heterocycles. The fourth-order valence-electron chi connectivity index (χ4n) is 1.43. The smallest absolute Gasteiger partial charge is 0.222 e. The highest BCUT2D eigenvalue weighted by Crippen LogP contribution is 2.09. The number of rotatable bonds is 9. The molecule has 0 rings (SSSR count). The van der Waals surface area contributed by atoms with Crippen LogP contribution in [0.1, 0.15) is 33.1 Å². The Morgan fingerprint density at radius 2 is 2.12 bits per heavy atom. The number of thioether (sulfide) groups is 1. The zero-order valence-electron chi connectivity index (χ0n) is 11.5. The summed E-state index contributed by atoms with van der Waals surface area (Å²) in [7, 11) is 3.84. The van der Waals surface area contributed by atoms with Gasteiger partial charge in [-0.2, -0.15) is 11.8 Å². The predicted molar refractivity (Wildman–Crippen MR) is 80.3 cm³/mol. The van der Waals surface area contributed by atoms with Gasteiger partial charge in [0.05, 0.1) is 0 Å². The van der Waals surface area contributed by atoms with Gasteiger partial charge in [-0.3, -0.25) is 4.79 Å². The normalized spacial score (nSPS) is 11.8. The van der Waals surface area contributed by atoms with Crippen molar-refractivity contribution in [2.24, 2.45) is 0 Å². The van der Waals surface area contributed by atoms with E-state index in [2.05, 4.69) is 19.2 Å². The Bertz CT molecular complexity index is 193. The Hall–Kier alpha value is 0.0700. The number of nitrogens with zero attached hydrogens (tertiary/aromatic N) is 1. The van der Waals surface area contributed by atoms with Crippen LogP contribution in [-0.2, 0) is 4.79 Å². The lowest BCUT2D eigenvalue weighted by Crippen LogP contribution is -2.35. The molecule has 0 saturated heterocycles. The molecule has 5 heteroatoms. The summed E-state index contributed by atoms with van der Waals surface area (Å²) in [5, 5.41) is 3.06. The summed E-state index contributed by atoms with van der Waals surface area (Å²) in [5.74, 6) is 2.57. The third kappa shape index (κ3) is 9.74. The minimum atomic E-state index is 0. The molecule has 0 saturated carbocycles. The van der Waals surface area contributed by atoms with Crippen LogP contribution >= 0.6 is 24.2 Å². The van der Waals surface area contributed by atoms with E-state index in [1.165, 1.54) is 0 Å². The van der Waals surface area contributed by atoms with Crippen molar-refractivity contribution in [2.75, 3.05) is 32.1 Å². The maximum absolute atomic E-state index is 11.8. The molecule has 0 radical (unpaired) electrons. The summed E-state index contributed by atoms with van der Waals surface area (Å²) in [4.78, 5) is 13.7. The lowest BCUT2D eigenvalue weighted by molar-refractivity contribution is -0.131. The fourth-order valence-corrected chi connectivity index (χ4v) is 2.23. The van der Waals surface area contributed by atoms with E-state index in [0.717, 1.165) is 30.9 Å². The van der Waals surface area contributed by atoms with E-state index < -0.39 is 0 Å². The van der Waals surface area contributed by atoms with Crippen LogP contribution in [0.4, 0.5) is 0 Å². The first-order valence-electron chi connectivity index (χ1n) is 6.11. The summed E-state index contributed by atoms with van der Waals surface area (Å²) in [6.45, 7) is 5.22. The third-order valence-electron chi connectivity index (χ3n) is 2.76. The van der Waals surface area contributed by atoms with Gasteiger partial charge in [-0.1, -0.05) is 6.92 Å². The van der Waals surface area contributed by atoms with E-state index in [9.17, 15) is 4.79 Å². The predicted octanol–water partition coefficient (Wildman–Crippen LogP) is 2.40. The largest absolute Gasteiger partial charge is 0.343 e. The van der Waals surface area contributed by atoms with Gasteiger partial charge in [0.2, 0.25) is 5.91 Å². The van der Waals surface area contributed by atoms with E-state index in [1.54, 1.807) is 0 Å². The number of hydrogen-bond acceptors (Lipinski definition) is 3. The Morgan fingerprint density at radius 3 is 2.65 bits per heavy atom. The third-order valence-corrected chi connectivity index (χ3v) is 3.69. The molecule has 0 aliphatic heterocycles. The number of carbonyl (C=O) groups excluding carboxylic acids is 1. The average Bonchev–Trinajstić information content (AvgIpc) is 2.28. The molecule has 1 unspecified atom stereocenters. The summed E-state index contributed by atoms with van der Waals surface area (Å²) in [5.41, 5.74) is 0. The molecule has 1 N–H and O–H groups in total. The van der Waals surface area contributed by atoms with Crippen molar-refractivity contribution in [1.82, 2.24) is 10.2 Å². The molecule has 0 aliphatic carbocycles. The van der Waals surface area contributed by atoms with Crippen molar-refractivity contribution in [1.29, 1.82) is 0 Å². The maximum atomic E-state index is 11.8. The minimum absolute atomic E-state index is 0. The summed E-state index contributed by atoms with van der Waals surface area (Å²) in [6.07, 6.45) is 2.67. The van der Waals surface area contributed by atoms with E-state index in [4.69, 9.17) is 0 Å². The van der Waals surface area contributed by atoms with E-state index in [0.29, 0.717) is 12.5 Å². The Kier molecular flexibility index (Phi) is 14.3. The molecule has 104 valence electrons. The van der Waals surface area contributed by atoms with E-state index in [1.807, 2.05) is 30.8 Å². The Balaban J connectivity index is 0. The SMILES string of the molecule is CCSCCC(C)N(C)C(=O)CCCNC.Cl. The van der Waals surface area contributed by atoms with Crippen LogP contribution in [0.25, 0.3) is 0 Å². The Morgan fingerprint density at radius 1 is 1.47 bits per heavy atom. The van der Waals surface area contributed by atoms with Crippen LogP contribution in [0, 0.1) is 0 Å². The molecule has 1 amide bonds. The minimum Gasteiger partial charge on any atom is -0.343 e. The topological polar surface area (TPSA) is 32.3 Å². The second-order valence-electron chi connectivity index (χ2n) is 4.05. The number of nitrogens with one attached hydrogen (secondary N) is 1. The molecule has 3 nitrogen and oxygen atoms in total. The van der Waals surface area contributed by atoms with Gasteiger partial charge in [-0.05, 0) is 44.9 Å². The van der Waals surface area contributed by atoms with Gasteiger partial charge >= 0.3 is 0 Å². The average molecular weight is 283 g/mol. The zero-order chi connectivity index (χ0) is 12.4. The molecule has 0 aliphatic rings. The van der Waals surface area contributed by atoms with Crippen molar-refractivity contribution in [3.63, 3.8) is 0 Å². The highest BCUT2D eigenvalue weighted by molar-refractivity contribution is 7.99. The van der Waals surface area contributed by atoms with Crippen LogP contribution in [0.2, 0.25) is 0 Å². The van der Waals surface area contributed by atoms with Gasteiger partial charge in [0, 0.05) is 19.5 Å². The monoisotopic (exact) mass is 282 g/mol. The number of hydrogen-bond donors (Lipinski definition) is 1. The van der Waals surface area contributed by atoms with Gasteiger partial charge < -0.3 is 10.2 Å². The lowest BCUT2D eigenvalue weighted by Gasteiger charge is -2.25. The molecule has 0 aromatic carbocycles. The first-order valence-corrected chi connectivity index (χ1v) is 7.27. The van der Waals surface area contributed by atoms with E-state index in [-0.39, 0.29) is 18.3 Å². The van der Waals surface area contributed by atoms with Crippen molar-refractivity contribution in [3.8, 4) is 0 Å². The molecule has 0 fully saturated rings. The number of amides is 1. The number of halogens is 1. The second kappa shape index (κ2) is 12.5. The Labute approximate surface area is 117 Å². The van der Waals surface area contributed by atoms with Crippen molar-refractivity contribution >= 4 is 30.1 Å². The highest BCUT2D eigenvalue weighted by Gasteiger charge is 2.14. The van der Waals surface area contributed by atoms with Gasteiger partial charge in [0.1, 0.15) is 0 Å². The summed E-state index contributed by atoms with van der Waals surface area (Å²) < 4.78 is 0. The van der Waals surface area contributed by atoms with Crippen molar-refractivity contribution < 1.29 is 4.79 Å². The molecule has 17 heavy (non-hydrogen) atoms. The maximum Gasteiger partial charge on any atom is 0.222 e. The first-order chi connectivity index (χ1) is 7.63. The fraction of sp³-hybridized carbons (Fsp3) is 0.917. The lowest BCUT2D eigenvalue weighted by atomic mass is 10.2. The standard InChI is InChI=1S/C12H26N2OS.ClH/c1-5-16-10-8-11(2)14(4)12(15)7-6-9-13-3;/h11,13H,5-10H2,1-4H3;1H. The zero-order valence-corrected chi connectivity index (χ0v) is 13.1. The quantitative estimate of drug-likeness (QED) is 0.659. The molecular weight excluding hydrogens is 256 g/mol. The van der Waals surface area contributed by atoms with Crippen LogP contribution in [0.15, 0.2) is 0 Å². The van der Waals surface area contributed by atoms with Crippen molar-refractivity contribution in [3.05, 3.63) is 0 Å². The molecule has 0 aromatic rings. The summed E-state index contributed by atoms with van der Waals surface area (Å²) >= 11 is 1.94.